The first kappa shape index (κ1) is 11.3. The van der Waals surface area contributed by atoms with Crippen molar-refractivity contribution in [3.8, 4) is 11.1 Å². The molecule has 3 rings (SSSR count). The standard InChI is InChI=1S/C15H11ClFN/c1-18-9-14(10-3-2-4-11(16)7-10)13-8-12(17)5-6-15(13)18/h2-9H,1H3. The van der Waals surface area contributed by atoms with Gasteiger partial charge in [-0.3, -0.25) is 0 Å². The van der Waals surface area contributed by atoms with Gasteiger partial charge in [-0.15, -0.1) is 0 Å². The summed E-state index contributed by atoms with van der Waals surface area (Å²) < 4.78 is 15.4. The Balaban J connectivity index is 2.32. The van der Waals surface area contributed by atoms with E-state index >= 15 is 0 Å². The van der Waals surface area contributed by atoms with E-state index in [0.717, 1.165) is 22.0 Å². The Kier molecular flexibility index (Phi) is 2.60. The highest BCUT2D eigenvalue weighted by molar-refractivity contribution is 6.30. The Morgan fingerprint density at radius 2 is 1.94 bits per heavy atom. The molecule has 3 aromatic rings. The summed E-state index contributed by atoms with van der Waals surface area (Å²) in [6.45, 7) is 0. The van der Waals surface area contributed by atoms with E-state index < -0.39 is 0 Å². The summed E-state index contributed by atoms with van der Waals surface area (Å²) in [5.41, 5.74) is 3.00. The highest BCUT2D eigenvalue weighted by atomic mass is 35.5. The first-order valence-corrected chi connectivity index (χ1v) is 6.03. The molecule has 0 aliphatic rings. The van der Waals surface area contributed by atoms with E-state index in [4.69, 9.17) is 11.6 Å². The molecule has 0 N–H and O–H groups in total. The van der Waals surface area contributed by atoms with Crippen LogP contribution in [0.3, 0.4) is 0 Å². The third-order valence-corrected chi connectivity index (χ3v) is 3.32. The van der Waals surface area contributed by atoms with Crippen LogP contribution in [0.25, 0.3) is 22.0 Å². The summed E-state index contributed by atoms with van der Waals surface area (Å²) in [7, 11) is 1.95. The smallest absolute Gasteiger partial charge is 0.123 e. The Hall–Kier alpha value is -1.80. The van der Waals surface area contributed by atoms with Gasteiger partial charge in [-0.25, -0.2) is 4.39 Å². The maximum Gasteiger partial charge on any atom is 0.123 e. The maximum absolute atomic E-state index is 13.4. The highest BCUT2D eigenvalue weighted by Gasteiger charge is 2.09. The van der Waals surface area contributed by atoms with Gasteiger partial charge < -0.3 is 4.57 Å². The second-order valence-corrected chi connectivity index (χ2v) is 4.76. The number of aromatic nitrogens is 1. The first-order chi connectivity index (χ1) is 8.65. The molecule has 0 aliphatic heterocycles. The van der Waals surface area contributed by atoms with Crippen molar-refractivity contribution in [2.24, 2.45) is 7.05 Å². The molecular formula is C15H11ClFN. The zero-order chi connectivity index (χ0) is 12.7. The molecule has 1 nitrogen and oxygen atoms in total. The Morgan fingerprint density at radius 3 is 2.72 bits per heavy atom. The van der Waals surface area contributed by atoms with Crippen LogP contribution in [0.2, 0.25) is 5.02 Å². The van der Waals surface area contributed by atoms with E-state index in [1.807, 2.05) is 42.1 Å². The molecule has 2 aromatic carbocycles. The van der Waals surface area contributed by atoms with Crippen LogP contribution in [0.1, 0.15) is 0 Å². The fourth-order valence-corrected chi connectivity index (χ4v) is 2.44. The molecule has 18 heavy (non-hydrogen) atoms. The van der Waals surface area contributed by atoms with Gasteiger partial charge in [0.25, 0.3) is 0 Å². The van der Waals surface area contributed by atoms with Crippen LogP contribution in [0.5, 0.6) is 0 Å². The molecule has 0 saturated carbocycles. The van der Waals surface area contributed by atoms with Crippen molar-refractivity contribution in [1.29, 1.82) is 0 Å². The number of hydrogen-bond donors (Lipinski definition) is 0. The van der Waals surface area contributed by atoms with Crippen molar-refractivity contribution in [3.63, 3.8) is 0 Å². The van der Waals surface area contributed by atoms with Crippen LogP contribution in [-0.2, 0) is 7.05 Å². The van der Waals surface area contributed by atoms with E-state index in [1.165, 1.54) is 6.07 Å². The van der Waals surface area contributed by atoms with Crippen molar-refractivity contribution in [3.05, 3.63) is 59.5 Å². The summed E-state index contributed by atoms with van der Waals surface area (Å²) in [4.78, 5) is 0. The number of aryl methyl sites for hydroxylation is 1. The zero-order valence-electron chi connectivity index (χ0n) is 9.82. The minimum atomic E-state index is -0.225. The SMILES string of the molecule is Cn1cc(-c2cccc(Cl)c2)c2cc(F)ccc21. The lowest BCUT2D eigenvalue weighted by Gasteiger charge is -2.00. The van der Waals surface area contributed by atoms with Crippen molar-refractivity contribution in [2.45, 2.75) is 0 Å². The molecule has 0 spiro atoms. The topological polar surface area (TPSA) is 4.93 Å². The Labute approximate surface area is 109 Å². The molecule has 0 bridgehead atoms. The monoisotopic (exact) mass is 259 g/mol. The zero-order valence-corrected chi connectivity index (χ0v) is 10.6. The minimum Gasteiger partial charge on any atom is -0.350 e. The summed E-state index contributed by atoms with van der Waals surface area (Å²) in [6, 6.07) is 12.4. The van der Waals surface area contributed by atoms with Crippen LogP contribution in [0.15, 0.2) is 48.7 Å². The van der Waals surface area contributed by atoms with Gasteiger partial charge in [-0.2, -0.15) is 0 Å². The number of benzene rings is 2. The van der Waals surface area contributed by atoms with Gasteiger partial charge in [-0.1, -0.05) is 23.7 Å². The van der Waals surface area contributed by atoms with E-state index in [0.29, 0.717) is 5.02 Å². The average Bonchev–Trinajstić information content (AvgIpc) is 2.66. The summed E-state index contributed by atoms with van der Waals surface area (Å²) in [6.07, 6.45) is 2.00. The quantitative estimate of drug-likeness (QED) is 0.600. The summed E-state index contributed by atoms with van der Waals surface area (Å²) >= 11 is 6.00. The van der Waals surface area contributed by atoms with Crippen LogP contribution >= 0.6 is 11.6 Å². The molecule has 0 amide bonds. The molecule has 90 valence electrons. The number of hydrogen-bond acceptors (Lipinski definition) is 0. The molecular weight excluding hydrogens is 249 g/mol. The van der Waals surface area contributed by atoms with Crippen molar-refractivity contribution < 1.29 is 4.39 Å². The molecule has 0 saturated heterocycles. The van der Waals surface area contributed by atoms with Gasteiger partial charge in [0.15, 0.2) is 0 Å². The van der Waals surface area contributed by atoms with Crippen molar-refractivity contribution in [1.82, 2.24) is 4.57 Å². The predicted octanol–water partition coefficient (Wildman–Crippen LogP) is 4.64. The van der Waals surface area contributed by atoms with Gasteiger partial charge in [-0.05, 0) is 35.9 Å². The first-order valence-electron chi connectivity index (χ1n) is 5.66. The average molecular weight is 260 g/mol. The van der Waals surface area contributed by atoms with E-state index in [1.54, 1.807) is 12.1 Å². The minimum absolute atomic E-state index is 0.225. The van der Waals surface area contributed by atoms with Crippen LogP contribution in [-0.4, -0.2) is 4.57 Å². The van der Waals surface area contributed by atoms with E-state index in [9.17, 15) is 4.39 Å². The fourth-order valence-electron chi connectivity index (χ4n) is 2.25. The van der Waals surface area contributed by atoms with Gasteiger partial charge in [0.05, 0.1) is 0 Å². The van der Waals surface area contributed by atoms with Crippen LogP contribution < -0.4 is 0 Å². The normalized spacial score (nSPS) is 11.1. The number of nitrogens with zero attached hydrogens (tertiary/aromatic N) is 1. The number of rotatable bonds is 1. The number of fused-ring (bicyclic) bond motifs is 1. The molecule has 0 aliphatic carbocycles. The molecule has 0 radical (unpaired) electrons. The fraction of sp³-hybridized carbons (Fsp3) is 0.0667. The second kappa shape index (κ2) is 4.14. The lowest BCUT2D eigenvalue weighted by molar-refractivity contribution is 0.629. The van der Waals surface area contributed by atoms with Gasteiger partial charge >= 0.3 is 0 Å². The van der Waals surface area contributed by atoms with E-state index in [-0.39, 0.29) is 5.82 Å². The maximum atomic E-state index is 13.4. The van der Waals surface area contributed by atoms with Crippen molar-refractivity contribution >= 4 is 22.5 Å². The van der Waals surface area contributed by atoms with Gasteiger partial charge in [0, 0.05) is 34.7 Å². The number of halogens is 2. The third kappa shape index (κ3) is 1.79. The molecule has 1 heterocycles. The second-order valence-electron chi connectivity index (χ2n) is 4.33. The third-order valence-electron chi connectivity index (χ3n) is 3.09. The predicted molar refractivity (Wildman–Crippen MR) is 73.3 cm³/mol. The molecule has 0 atom stereocenters. The van der Waals surface area contributed by atoms with E-state index in [2.05, 4.69) is 0 Å². The van der Waals surface area contributed by atoms with Gasteiger partial charge in [0.2, 0.25) is 0 Å². The lowest BCUT2D eigenvalue weighted by atomic mass is 10.1. The summed E-state index contributed by atoms with van der Waals surface area (Å²) in [5.74, 6) is -0.225. The summed E-state index contributed by atoms with van der Waals surface area (Å²) in [5, 5.41) is 1.58. The highest BCUT2D eigenvalue weighted by Crippen LogP contribution is 2.31. The van der Waals surface area contributed by atoms with Gasteiger partial charge in [0.1, 0.15) is 5.82 Å². The molecule has 3 heteroatoms. The lowest BCUT2D eigenvalue weighted by Crippen LogP contribution is -1.83. The van der Waals surface area contributed by atoms with Crippen LogP contribution in [0, 0.1) is 5.82 Å². The Morgan fingerprint density at radius 1 is 1.11 bits per heavy atom. The molecule has 1 aromatic heterocycles. The Bertz CT molecular complexity index is 730. The molecule has 0 unspecified atom stereocenters. The largest absolute Gasteiger partial charge is 0.350 e. The van der Waals surface area contributed by atoms with Crippen molar-refractivity contribution in [2.75, 3.05) is 0 Å². The molecule has 0 fully saturated rings. The van der Waals surface area contributed by atoms with Crippen LogP contribution in [0.4, 0.5) is 4.39 Å².